The molecule has 63 heavy (non-hydrogen) atoms. The number of aromatic nitrogens is 4. The van der Waals surface area contributed by atoms with Gasteiger partial charge in [-0.25, -0.2) is 4.98 Å². The van der Waals surface area contributed by atoms with Gasteiger partial charge in [0, 0.05) is 72.7 Å². The second kappa shape index (κ2) is 19.5. The summed E-state index contributed by atoms with van der Waals surface area (Å²) in [4.78, 5) is 9.29. The van der Waals surface area contributed by atoms with Crippen molar-refractivity contribution >= 4 is 0 Å². The molecule has 0 N–H and O–H groups in total. The van der Waals surface area contributed by atoms with Crippen molar-refractivity contribution in [2.45, 2.75) is 0 Å². The van der Waals surface area contributed by atoms with Gasteiger partial charge in [0.05, 0.1) is 34.9 Å². The Bertz CT molecular complexity index is 2860. The quantitative estimate of drug-likeness (QED) is 0.142. The van der Waals surface area contributed by atoms with Crippen LogP contribution in [-0.2, 0) is 20.1 Å². The molecule has 0 aliphatic heterocycles. The molecule has 0 unspecified atom stereocenters. The fourth-order valence-corrected chi connectivity index (χ4v) is 7.78. The zero-order chi connectivity index (χ0) is 42.1. The van der Waals surface area contributed by atoms with Crippen LogP contribution in [0.25, 0.3) is 78.7 Å². The molecule has 0 saturated heterocycles. The molecule has 2 aromatic heterocycles. The Morgan fingerprint density at radius 2 is 0.778 bits per heavy atom. The van der Waals surface area contributed by atoms with Gasteiger partial charge >= 0.3 is 0 Å². The number of benzene rings is 8. The molecular formula is C56H37IrN6-. The first-order valence-corrected chi connectivity index (χ1v) is 20.2. The van der Waals surface area contributed by atoms with Crippen molar-refractivity contribution < 1.29 is 20.1 Å². The maximum Gasteiger partial charge on any atom is 0.144 e. The SMILES string of the molecule is N#Cc1cc[c-]c(-c2nccn2-c2c(-c3ccccc3)cccc2-c2ccccc2)c1.N#Cc1cccc(-c2nccn2-c2c(-c3ccccc3)cccc2-c2ccccc2)c1.[Ir]. The summed E-state index contributed by atoms with van der Waals surface area (Å²) < 4.78 is 4.22. The Labute approximate surface area is 380 Å². The Hall–Kier alpha value is -8.19. The van der Waals surface area contributed by atoms with Crippen molar-refractivity contribution in [1.82, 2.24) is 19.1 Å². The minimum Gasteiger partial charge on any atom is -0.339 e. The summed E-state index contributed by atoms with van der Waals surface area (Å²) in [6, 6.07) is 74.8. The van der Waals surface area contributed by atoms with Crippen molar-refractivity contribution in [2.24, 2.45) is 0 Å². The van der Waals surface area contributed by atoms with Crippen LogP contribution in [0, 0.1) is 28.7 Å². The van der Waals surface area contributed by atoms with Crippen LogP contribution in [0.1, 0.15) is 11.1 Å². The first-order chi connectivity index (χ1) is 30.7. The smallest absolute Gasteiger partial charge is 0.144 e. The number of nitriles is 2. The van der Waals surface area contributed by atoms with Crippen molar-refractivity contribution in [1.29, 1.82) is 10.5 Å². The van der Waals surface area contributed by atoms with Gasteiger partial charge < -0.3 is 4.57 Å². The molecule has 0 bridgehead atoms. The van der Waals surface area contributed by atoms with E-state index in [4.69, 9.17) is 0 Å². The maximum atomic E-state index is 9.35. The van der Waals surface area contributed by atoms with Crippen LogP contribution in [0.4, 0.5) is 0 Å². The molecule has 0 aliphatic rings. The van der Waals surface area contributed by atoms with Gasteiger partial charge in [0.15, 0.2) is 0 Å². The van der Waals surface area contributed by atoms with Crippen LogP contribution < -0.4 is 0 Å². The van der Waals surface area contributed by atoms with Gasteiger partial charge in [-0.15, -0.1) is 29.8 Å². The number of hydrogen-bond acceptors (Lipinski definition) is 4. The van der Waals surface area contributed by atoms with E-state index < -0.39 is 0 Å². The summed E-state index contributed by atoms with van der Waals surface area (Å²) in [6.07, 6.45) is 7.56. The summed E-state index contributed by atoms with van der Waals surface area (Å²) in [5.41, 5.74) is 14.0. The minimum atomic E-state index is 0. The standard InChI is InChI=1S/C28H19N3.C28H18N3.Ir/c2*29-20-21-9-7-14-24(19-21)28-30-17-18-31(28)27-25(22-10-3-1-4-11-22)15-8-16-26(27)23-12-5-2-6-13-23;/h1-19H;1-13,15-19H;/q;-1;. The van der Waals surface area contributed by atoms with Crippen molar-refractivity contribution in [3.8, 4) is 90.8 Å². The van der Waals surface area contributed by atoms with Gasteiger partial charge in [-0.3, -0.25) is 9.55 Å². The normalized spacial score (nSPS) is 10.4. The molecule has 0 amide bonds. The average Bonchev–Trinajstić information content (AvgIpc) is 4.06. The van der Waals surface area contributed by atoms with E-state index in [-0.39, 0.29) is 20.1 Å². The van der Waals surface area contributed by atoms with Crippen LogP contribution in [0.3, 0.4) is 0 Å². The van der Waals surface area contributed by atoms with Crippen molar-refractivity contribution in [3.63, 3.8) is 0 Å². The Kier molecular flexibility index (Phi) is 12.8. The molecule has 0 aliphatic carbocycles. The largest absolute Gasteiger partial charge is 0.339 e. The van der Waals surface area contributed by atoms with Crippen LogP contribution in [0.5, 0.6) is 0 Å². The molecule has 6 nitrogen and oxygen atoms in total. The molecule has 301 valence electrons. The number of rotatable bonds is 8. The summed E-state index contributed by atoms with van der Waals surface area (Å²) >= 11 is 0. The Morgan fingerprint density at radius 1 is 0.397 bits per heavy atom. The zero-order valence-corrected chi connectivity index (χ0v) is 36.3. The van der Waals surface area contributed by atoms with E-state index in [9.17, 15) is 10.5 Å². The van der Waals surface area contributed by atoms with Crippen LogP contribution in [-0.4, -0.2) is 19.1 Å². The molecule has 0 atom stereocenters. The van der Waals surface area contributed by atoms with E-state index in [1.54, 1.807) is 18.3 Å². The van der Waals surface area contributed by atoms with Gasteiger partial charge in [0.2, 0.25) is 0 Å². The molecule has 1 radical (unpaired) electrons. The molecular weight excluding hydrogens is 949 g/mol. The van der Waals surface area contributed by atoms with Crippen molar-refractivity contribution in [3.05, 3.63) is 242 Å². The van der Waals surface area contributed by atoms with Gasteiger partial charge in [0.1, 0.15) is 5.82 Å². The first kappa shape index (κ1) is 41.5. The first-order valence-electron chi connectivity index (χ1n) is 20.2. The summed E-state index contributed by atoms with van der Waals surface area (Å²) in [5, 5.41) is 18.7. The van der Waals surface area contributed by atoms with Gasteiger partial charge in [-0.05, 0) is 39.9 Å². The zero-order valence-electron chi connectivity index (χ0n) is 33.9. The molecule has 2 heterocycles. The monoisotopic (exact) mass is 986 g/mol. The maximum absolute atomic E-state index is 9.35. The molecule has 7 heteroatoms. The van der Waals surface area contributed by atoms with E-state index in [0.717, 1.165) is 78.7 Å². The molecule has 10 aromatic rings. The summed E-state index contributed by atoms with van der Waals surface area (Å²) in [5.74, 6) is 1.55. The Balaban J connectivity index is 0.000000170. The minimum absolute atomic E-state index is 0. The van der Waals surface area contributed by atoms with E-state index in [1.165, 1.54) is 0 Å². The summed E-state index contributed by atoms with van der Waals surface area (Å²) in [7, 11) is 0. The van der Waals surface area contributed by atoms with E-state index in [2.05, 4.69) is 147 Å². The number of hydrogen-bond donors (Lipinski definition) is 0. The summed E-state index contributed by atoms with van der Waals surface area (Å²) in [6.45, 7) is 0. The number of para-hydroxylation sites is 2. The molecule has 0 fully saturated rings. The molecule has 10 rings (SSSR count). The third-order valence-corrected chi connectivity index (χ3v) is 10.6. The second-order valence-electron chi connectivity index (χ2n) is 14.4. The molecule has 0 spiro atoms. The van der Waals surface area contributed by atoms with E-state index in [0.29, 0.717) is 11.1 Å². The van der Waals surface area contributed by atoms with Gasteiger partial charge in [-0.2, -0.15) is 10.5 Å². The van der Waals surface area contributed by atoms with Crippen LogP contribution in [0.15, 0.2) is 225 Å². The fourth-order valence-electron chi connectivity index (χ4n) is 7.78. The van der Waals surface area contributed by atoms with Crippen molar-refractivity contribution in [2.75, 3.05) is 0 Å². The Morgan fingerprint density at radius 3 is 1.22 bits per heavy atom. The second-order valence-corrected chi connectivity index (χ2v) is 14.4. The average molecular weight is 986 g/mol. The third-order valence-electron chi connectivity index (χ3n) is 10.6. The van der Waals surface area contributed by atoms with E-state index >= 15 is 0 Å². The third kappa shape index (κ3) is 8.84. The van der Waals surface area contributed by atoms with Crippen LogP contribution in [0.2, 0.25) is 0 Å². The van der Waals surface area contributed by atoms with E-state index in [1.807, 2.05) is 97.5 Å². The topological polar surface area (TPSA) is 83.2 Å². The number of nitrogens with zero attached hydrogens (tertiary/aromatic N) is 6. The number of imidazole rings is 2. The predicted molar refractivity (Wildman–Crippen MR) is 248 cm³/mol. The van der Waals surface area contributed by atoms with Gasteiger partial charge in [-0.1, -0.05) is 170 Å². The van der Waals surface area contributed by atoms with Gasteiger partial charge in [0.25, 0.3) is 0 Å². The molecule has 8 aromatic carbocycles. The molecule has 0 saturated carbocycles. The van der Waals surface area contributed by atoms with Crippen LogP contribution >= 0.6 is 0 Å². The predicted octanol–water partition coefficient (Wildman–Crippen LogP) is 13.3. The fraction of sp³-hybridized carbons (Fsp3) is 0.